The Hall–Kier alpha value is -6.75. The van der Waals surface area contributed by atoms with Crippen LogP contribution < -0.4 is 26.0 Å². The zero-order valence-corrected chi connectivity index (χ0v) is 41.1. The average molecular weight is 1030 g/mol. The number of ether oxygens (including phenoxy) is 2. The molecule has 20 nitrogen and oxygen atoms in total. The van der Waals surface area contributed by atoms with Gasteiger partial charge < -0.3 is 40.1 Å². The van der Waals surface area contributed by atoms with E-state index in [9.17, 15) is 47.1 Å². The zero-order chi connectivity index (χ0) is 50.8. The minimum absolute atomic E-state index is 0.0137. The molecule has 0 spiro atoms. The van der Waals surface area contributed by atoms with Crippen LogP contribution in [0.1, 0.15) is 83.5 Å². The Morgan fingerprint density at radius 3 is 2.38 bits per heavy atom. The Balaban J connectivity index is 0.794. The number of carboxylic acid groups (broad SMARTS) is 2. The van der Waals surface area contributed by atoms with Gasteiger partial charge in [-0.25, -0.2) is 22.8 Å². The van der Waals surface area contributed by atoms with Crippen molar-refractivity contribution < 1.29 is 61.7 Å². The summed E-state index contributed by atoms with van der Waals surface area (Å²) in [7, 11) is -3.85. The predicted octanol–water partition coefficient (Wildman–Crippen LogP) is 5.83. The van der Waals surface area contributed by atoms with E-state index >= 15 is 0 Å². The Bertz CT molecular complexity index is 2900. The van der Waals surface area contributed by atoms with Gasteiger partial charge in [0.1, 0.15) is 17.2 Å². The molecule has 3 fully saturated rings. The molecule has 1 aromatic heterocycles. The van der Waals surface area contributed by atoms with E-state index in [1.807, 2.05) is 19.9 Å². The molecule has 4 aromatic rings. The fourth-order valence-electron chi connectivity index (χ4n) is 9.58. The van der Waals surface area contributed by atoms with Crippen molar-refractivity contribution in [3.05, 3.63) is 93.3 Å². The summed E-state index contributed by atoms with van der Waals surface area (Å²) in [6.45, 7) is 3.99. The van der Waals surface area contributed by atoms with Crippen molar-refractivity contribution in [1.29, 1.82) is 0 Å². The number of benzene rings is 3. The minimum Gasteiger partial charge on any atom is -0.479 e. The highest BCUT2D eigenvalue weighted by molar-refractivity contribution is 7.88. The third kappa shape index (κ3) is 11.6. The van der Waals surface area contributed by atoms with Crippen molar-refractivity contribution in [2.24, 2.45) is 0 Å². The molecule has 8 rings (SSSR count). The second-order valence-electron chi connectivity index (χ2n) is 18.3. The third-order valence-electron chi connectivity index (χ3n) is 12.9. The number of imide groups is 1. The standard InChI is InChI=1S/C48H52ClN7O13S2/c1-48(2)22-31(51-30-9-4-7-28(21-30)42-40(49)41(68-25-39(59)60)43(70-42)46(63)64)14-19-56(48)71(66,67)26-27-6-3-8-29(20-27)52-47(65)69-32-15-17-54(18-16-32)38(58)23-50-35-11-5-10-33-34(35)24-55(45(33)62)36-12-13-37(57)53-44(36)61/h3-11,20-21,31-32,36,50-51H,12-19,22-26H2,1-2H3,(H,52,65)(H,59,60)(H,63,64)(H,53,57,61)/t31-,36?/m0/s1. The number of carboxylic acids is 2. The van der Waals surface area contributed by atoms with Crippen molar-refractivity contribution in [2.75, 3.05) is 48.7 Å². The molecule has 0 saturated carbocycles. The highest BCUT2D eigenvalue weighted by atomic mass is 35.5. The lowest BCUT2D eigenvalue weighted by Crippen LogP contribution is -2.55. The highest BCUT2D eigenvalue weighted by Crippen LogP contribution is 2.46. The number of fused-ring (bicyclic) bond motifs is 1. The monoisotopic (exact) mass is 1030 g/mol. The number of nitrogens with zero attached hydrogens (tertiary/aromatic N) is 3. The van der Waals surface area contributed by atoms with Crippen molar-refractivity contribution in [1.82, 2.24) is 19.4 Å². The molecule has 71 heavy (non-hydrogen) atoms. The SMILES string of the molecule is CC1(C)C[C@@H](Nc2cccc(-c3sc(C(=O)O)c(OCC(=O)O)c3Cl)c2)CCN1S(=O)(=O)Cc1cccc(NC(=O)OC2CCN(C(=O)CNc3cccc4c3CN(C3CCC(=O)NC3=O)C4=O)CC2)c1. The van der Waals surface area contributed by atoms with Crippen LogP contribution in [0.15, 0.2) is 66.7 Å². The summed E-state index contributed by atoms with van der Waals surface area (Å²) in [4.78, 5) is 89.9. The van der Waals surface area contributed by atoms with Crippen LogP contribution in [0, 0.1) is 0 Å². The number of piperidine rings is 3. The summed E-state index contributed by atoms with van der Waals surface area (Å²) < 4.78 is 40.4. The van der Waals surface area contributed by atoms with Gasteiger partial charge in [0.25, 0.3) is 5.91 Å². The van der Waals surface area contributed by atoms with E-state index in [1.54, 1.807) is 65.6 Å². The number of amides is 5. The molecule has 3 saturated heterocycles. The summed E-state index contributed by atoms with van der Waals surface area (Å²) in [5.74, 6) is -4.48. The number of thiophene rings is 1. The number of anilines is 3. The molecule has 4 aliphatic rings. The topological polar surface area (TPSA) is 270 Å². The van der Waals surface area contributed by atoms with Gasteiger partial charge in [-0.05, 0) is 80.6 Å². The number of hydrogen-bond acceptors (Lipinski definition) is 14. The van der Waals surface area contributed by atoms with Crippen molar-refractivity contribution in [3.8, 4) is 16.2 Å². The van der Waals surface area contributed by atoms with E-state index in [-0.39, 0.29) is 77.6 Å². The number of sulfonamides is 1. The summed E-state index contributed by atoms with van der Waals surface area (Å²) >= 11 is 7.38. The molecule has 0 radical (unpaired) electrons. The number of aliphatic carboxylic acids is 1. The first-order valence-corrected chi connectivity index (χ1v) is 25.7. The van der Waals surface area contributed by atoms with Gasteiger partial charge in [0.15, 0.2) is 17.2 Å². The molecular weight excluding hydrogens is 982 g/mol. The lowest BCUT2D eigenvalue weighted by molar-refractivity contribution is -0.139. The maximum atomic E-state index is 14.0. The lowest BCUT2D eigenvalue weighted by Gasteiger charge is -2.45. The molecule has 1 unspecified atom stereocenters. The molecule has 6 N–H and O–H groups in total. The van der Waals surface area contributed by atoms with Crippen molar-refractivity contribution >= 4 is 91.7 Å². The number of halogens is 1. The molecule has 4 aliphatic heterocycles. The van der Waals surface area contributed by atoms with Crippen LogP contribution in [0.25, 0.3) is 10.4 Å². The number of carbonyl (C=O) groups is 7. The van der Waals surface area contributed by atoms with Crippen LogP contribution in [0.3, 0.4) is 0 Å². The highest BCUT2D eigenvalue weighted by Gasteiger charge is 2.42. The number of nitrogens with one attached hydrogen (secondary N) is 4. The minimum atomic E-state index is -3.85. The molecule has 0 bridgehead atoms. The van der Waals surface area contributed by atoms with Gasteiger partial charge in [-0.1, -0.05) is 41.9 Å². The van der Waals surface area contributed by atoms with E-state index in [0.717, 1.165) is 11.3 Å². The maximum Gasteiger partial charge on any atom is 0.411 e. The van der Waals surface area contributed by atoms with Gasteiger partial charge in [-0.3, -0.25) is 29.8 Å². The molecule has 0 aliphatic carbocycles. The van der Waals surface area contributed by atoms with Gasteiger partial charge in [0.2, 0.25) is 27.7 Å². The molecule has 3 aromatic carbocycles. The molecule has 376 valence electrons. The summed E-state index contributed by atoms with van der Waals surface area (Å²) in [6, 6.07) is 17.9. The van der Waals surface area contributed by atoms with Gasteiger partial charge in [0, 0.05) is 85.2 Å². The van der Waals surface area contributed by atoms with E-state index in [4.69, 9.17) is 26.2 Å². The van der Waals surface area contributed by atoms with Gasteiger partial charge in [-0.2, -0.15) is 4.31 Å². The quantitative estimate of drug-likeness (QED) is 0.0721. The summed E-state index contributed by atoms with van der Waals surface area (Å²) in [5.41, 5.74) is 3.00. The van der Waals surface area contributed by atoms with Gasteiger partial charge in [0.05, 0.1) is 17.2 Å². The summed E-state index contributed by atoms with van der Waals surface area (Å²) in [5, 5.41) is 30.4. The zero-order valence-electron chi connectivity index (χ0n) is 38.7. The van der Waals surface area contributed by atoms with Crippen LogP contribution in [0.2, 0.25) is 5.02 Å². The first kappa shape index (κ1) is 50.6. The number of likely N-dealkylation sites (tertiary alicyclic amines) is 1. The Morgan fingerprint density at radius 2 is 1.66 bits per heavy atom. The van der Waals surface area contributed by atoms with Gasteiger partial charge >= 0.3 is 18.0 Å². The normalized spacial score (nSPS) is 19.4. The van der Waals surface area contributed by atoms with Crippen LogP contribution >= 0.6 is 22.9 Å². The predicted molar refractivity (Wildman–Crippen MR) is 262 cm³/mol. The molecular formula is C48H52ClN7O13S2. The first-order chi connectivity index (χ1) is 33.8. The molecule has 5 amide bonds. The van der Waals surface area contributed by atoms with Crippen LogP contribution in [-0.4, -0.2) is 131 Å². The fourth-order valence-corrected chi connectivity index (χ4v) is 12.9. The van der Waals surface area contributed by atoms with E-state index in [2.05, 4.69) is 21.3 Å². The second kappa shape index (κ2) is 20.9. The number of aromatic carboxylic acids is 1. The molecule has 2 atom stereocenters. The maximum absolute atomic E-state index is 14.0. The van der Waals surface area contributed by atoms with E-state index < -0.39 is 58.3 Å². The molecule has 5 heterocycles. The Labute approximate surface area is 417 Å². The van der Waals surface area contributed by atoms with Crippen LogP contribution in [-0.2, 0) is 46.2 Å². The van der Waals surface area contributed by atoms with Gasteiger partial charge in [-0.15, -0.1) is 11.3 Å². The molecule has 23 heteroatoms. The smallest absolute Gasteiger partial charge is 0.411 e. The van der Waals surface area contributed by atoms with Crippen LogP contribution in [0.5, 0.6) is 5.75 Å². The summed E-state index contributed by atoms with van der Waals surface area (Å²) in [6.07, 6.45) is 0.940. The number of carbonyl (C=O) groups excluding carboxylic acids is 5. The number of hydrogen-bond donors (Lipinski definition) is 6. The second-order valence-corrected chi connectivity index (χ2v) is 21.6. The van der Waals surface area contributed by atoms with E-state index in [0.29, 0.717) is 83.0 Å². The number of rotatable bonds is 16. The lowest BCUT2D eigenvalue weighted by atomic mass is 9.89. The van der Waals surface area contributed by atoms with Crippen molar-refractivity contribution in [3.63, 3.8) is 0 Å². The fraction of sp³-hybridized carbons (Fsp3) is 0.396. The van der Waals surface area contributed by atoms with E-state index in [1.165, 1.54) is 9.21 Å². The largest absolute Gasteiger partial charge is 0.479 e. The Morgan fingerprint density at radius 1 is 0.930 bits per heavy atom. The first-order valence-electron chi connectivity index (χ1n) is 22.9. The average Bonchev–Trinajstić information content (AvgIpc) is 3.83. The third-order valence-corrected chi connectivity index (χ3v) is 16.6. The Kier molecular flexibility index (Phi) is 14.9. The van der Waals surface area contributed by atoms with Crippen LogP contribution in [0.4, 0.5) is 21.9 Å². The van der Waals surface area contributed by atoms with Crippen molar-refractivity contribution in [2.45, 2.75) is 88.4 Å².